The van der Waals surface area contributed by atoms with E-state index in [4.69, 9.17) is 16.7 Å². The highest BCUT2D eigenvalue weighted by Crippen LogP contribution is 2.21. The van der Waals surface area contributed by atoms with Gasteiger partial charge in [0.2, 0.25) is 0 Å². The number of benzene rings is 1. The van der Waals surface area contributed by atoms with Crippen molar-refractivity contribution in [2.24, 2.45) is 0 Å². The third-order valence-electron chi connectivity index (χ3n) is 2.26. The number of aromatic nitrogens is 1. The monoisotopic (exact) mass is 233 g/mol. The summed E-state index contributed by atoms with van der Waals surface area (Å²) in [6.45, 7) is 3.65. The first kappa shape index (κ1) is 10.6. The van der Waals surface area contributed by atoms with Crippen LogP contribution in [-0.4, -0.2) is 16.1 Å². The molecular weight excluding hydrogens is 226 g/mol. The molecule has 2 aromatic rings. The zero-order valence-electron chi connectivity index (χ0n) is 8.27. The summed E-state index contributed by atoms with van der Waals surface area (Å²) in [5.74, 6) is -1.08. The quantitative estimate of drug-likeness (QED) is 0.811. The molecule has 0 aliphatic carbocycles. The molecule has 0 saturated heterocycles. The molecule has 4 heteroatoms. The second-order valence-electron chi connectivity index (χ2n) is 3.29. The molecule has 1 heterocycles. The molecule has 16 heavy (non-hydrogen) atoms. The molecule has 0 aliphatic heterocycles. The van der Waals surface area contributed by atoms with Crippen molar-refractivity contribution in [3.63, 3.8) is 0 Å². The molecule has 1 N–H and O–H groups in total. The fourth-order valence-electron chi connectivity index (χ4n) is 1.44. The number of rotatable bonds is 2. The second kappa shape index (κ2) is 3.94. The fraction of sp³-hybridized carbons (Fsp3) is 0. The summed E-state index contributed by atoms with van der Waals surface area (Å²) >= 11 is 5.78. The van der Waals surface area contributed by atoms with E-state index < -0.39 is 5.97 Å². The molecule has 3 nitrogen and oxygen atoms in total. The number of fused-ring (bicyclic) bond motifs is 1. The van der Waals surface area contributed by atoms with Crippen molar-refractivity contribution in [2.45, 2.75) is 0 Å². The maximum atomic E-state index is 10.8. The van der Waals surface area contributed by atoms with Crippen LogP contribution in [0.3, 0.4) is 0 Å². The first-order valence-electron chi connectivity index (χ1n) is 4.58. The van der Waals surface area contributed by atoms with Gasteiger partial charge in [0.25, 0.3) is 0 Å². The van der Waals surface area contributed by atoms with E-state index in [1.54, 1.807) is 18.2 Å². The van der Waals surface area contributed by atoms with Crippen LogP contribution < -0.4 is 0 Å². The Morgan fingerprint density at radius 1 is 1.44 bits per heavy atom. The van der Waals surface area contributed by atoms with Gasteiger partial charge in [-0.3, -0.25) is 0 Å². The molecule has 0 fully saturated rings. The molecule has 0 spiro atoms. The highest BCUT2D eigenvalue weighted by molar-refractivity contribution is 6.32. The van der Waals surface area contributed by atoms with Gasteiger partial charge in [-0.2, -0.15) is 0 Å². The molecule has 0 amide bonds. The van der Waals surface area contributed by atoms with Crippen molar-refractivity contribution in [1.29, 1.82) is 0 Å². The average Bonchev–Trinajstić information content (AvgIpc) is 2.27. The lowest BCUT2D eigenvalue weighted by atomic mass is 10.1. The lowest BCUT2D eigenvalue weighted by molar-refractivity contribution is 0.0697. The summed E-state index contributed by atoms with van der Waals surface area (Å²) in [5.41, 5.74) is 1.59. The fourth-order valence-corrected chi connectivity index (χ4v) is 1.66. The summed E-state index contributed by atoms with van der Waals surface area (Å²) < 4.78 is 0. The molecule has 0 atom stereocenters. The third-order valence-corrected chi connectivity index (χ3v) is 2.55. The van der Waals surface area contributed by atoms with Gasteiger partial charge in [-0.1, -0.05) is 36.4 Å². The maximum Gasteiger partial charge on any atom is 0.338 e. The smallest absolute Gasteiger partial charge is 0.338 e. The first-order valence-corrected chi connectivity index (χ1v) is 4.95. The Balaban J connectivity index is 2.73. The predicted molar refractivity (Wildman–Crippen MR) is 63.8 cm³/mol. The molecule has 1 aromatic heterocycles. The Kier molecular flexibility index (Phi) is 2.62. The summed E-state index contributed by atoms with van der Waals surface area (Å²) in [6.07, 6.45) is 1.69. The van der Waals surface area contributed by atoms with Crippen molar-refractivity contribution in [3.05, 3.63) is 47.1 Å². The highest BCUT2D eigenvalue weighted by Gasteiger charge is 2.11. The van der Waals surface area contributed by atoms with Gasteiger partial charge in [-0.15, -0.1) is 0 Å². The molecule has 2 rings (SSSR count). The van der Waals surface area contributed by atoms with Gasteiger partial charge in [0.05, 0.1) is 11.1 Å². The van der Waals surface area contributed by atoms with Crippen molar-refractivity contribution in [1.82, 2.24) is 4.98 Å². The summed E-state index contributed by atoms with van der Waals surface area (Å²) in [6, 6.07) is 6.96. The van der Waals surface area contributed by atoms with Crippen molar-refractivity contribution < 1.29 is 9.90 Å². The van der Waals surface area contributed by atoms with E-state index in [1.807, 2.05) is 6.07 Å². The van der Waals surface area contributed by atoms with Crippen molar-refractivity contribution in [2.75, 3.05) is 0 Å². The minimum Gasteiger partial charge on any atom is -0.478 e. The number of hydrogen-bond acceptors (Lipinski definition) is 2. The van der Waals surface area contributed by atoms with Gasteiger partial charge in [-0.05, 0) is 17.7 Å². The molecule has 0 radical (unpaired) electrons. The standard InChI is InChI=1S/C12H8ClNO2/c1-2-7-3-4-8-6-9(12(15)16)11(13)14-10(8)5-7/h2-6H,1H2,(H,15,16). The molecule has 0 unspecified atom stereocenters. The zero-order chi connectivity index (χ0) is 11.7. The minimum absolute atomic E-state index is 0.00112. The van der Waals surface area contributed by atoms with Crippen LogP contribution in [0.25, 0.3) is 17.0 Å². The van der Waals surface area contributed by atoms with E-state index >= 15 is 0 Å². The van der Waals surface area contributed by atoms with Crippen molar-refractivity contribution >= 4 is 34.5 Å². The van der Waals surface area contributed by atoms with Gasteiger partial charge >= 0.3 is 5.97 Å². The van der Waals surface area contributed by atoms with E-state index in [0.717, 1.165) is 10.9 Å². The van der Waals surface area contributed by atoms with E-state index in [0.29, 0.717) is 5.52 Å². The van der Waals surface area contributed by atoms with E-state index in [-0.39, 0.29) is 10.7 Å². The molecule has 80 valence electrons. The third kappa shape index (κ3) is 1.77. The maximum absolute atomic E-state index is 10.8. The minimum atomic E-state index is -1.08. The summed E-state index contributed by atoms with van der Waals surface area (Å²) in [4.78, 5) is 14.9. The lowest BCUT2D eigenvalue weighted by Crippen LogP contribution is -1.99. The topological polar surface area (TPSA) is 50.2 Å². The van der Waals surface area contributed by atoms with E-state index in [9.17, 15) is 4.79 Å². The average molecular weight is 234 g/mol. The number of halogens is 1. The van der Waals surface area contributed by atoms with Gasteiger partial charge < -0.3 is 5.11 Å². The normalized spacial score (nSPS) is 10.3. The zero-order valence-corrected chi connectivity index (χ0v) is 9.03. The molecule has 1 aromatic carbocycles. The number of carboxylic acids is 1. The molecule has 0 bridgehead atoms. The number of carboxylic acid groups (broad SMARTS) is 1. The first-order chi connectivity index (χ1) is 7.61. The van der Waals surface area contributed by atoms with Crippen LogP contribution in [0.4, 0.5) is 0 Å². The Hall–Kier alpha value is -1.87. The van der Waals surface area contributed by atoms with Gasteiger partial charge in [0.1, 0.15) is 5.15 Å². The molecular formula is C12H8ClNO2. The van der Waals surface area contributed by atoms with E-state index in [1.165, 1.54) is 6.07 Å². The largest absolute Gasteiger partial charge is 0.478 e. The van der Waals surface area contributed by atoms with Crippen LogP contribution >= 0.6 is 11.6 Å². The van der Waals surface area contributed by atoms with Gasteiger partial charge in [0, 0.05) is 5.39 Å². The van der Waals surface area contributed by atoms with E-state index in [2.05, 4.69) is 11.6 Å². The van der Waals surface area contributed by atoms with Crippen LogP contribution in [0, 0.1) is 0 Å². The Bertz CT molecular complexity index is 593. The number of carbonyl (C=O) groups is 1. The number of pyridine rings is 1. The van der Waals surface area contributed by atoms with Crippen LogP contribution in [0.15, 0.2) is 30.8 Å². The van der Waals surface area contributed by atoms with Gasteiger partial charge in [0.15, 0.2) is 0 Å². The van der Waals surface area contributed by atoms with Crippen LogP contribution in [0.2, 0.25) is 5.15 Å². The molecule has 0 aliphatic rings. The van der Waals surface area contributed by atoms with Crippen molar-refractivity contribution in [3.8, 4) is 0 Å². The van der Waals surface area contributed by atoms with Crippen LogP contribution in [0.1, 0.15) is 15.9 Å². The SMILES string of the molecule is C=Cc1ccc2cc(C(=O)O)c(Cl)nc2c1. The second-order valence-corrected chi connectivity index (χ2v) is 3.65. The van der Waals surface area contributed by atoms with Crippen LogP contribution in [0.5, 0.6) is 0 Å². The van der Waals surface area contributed by atoms with Gasteiger partial charge in [-0.25, -0.2) is 9.78 Å². The molecule has 0 saturated carbocycles. The Morgan fingerprint density at radius 2 is 2.19 bits per heavy atom. The van der Waals surface area contributed by atoms with Crippen LogP contribution in [-0.2, 0) is 0 Å². The predicted octanol–water partition coefficient (Wildman–Crippen LogP) is 3.23. The number of aromatic carboxylic acids is 1. The Labute approximate surface area is 97.0 Å². The lowest BCUT2D eigenvalue weighted by Gasteiger charge is -2.03. The summed E-state index contributed by atoms with van der Waals surface area (Å²) in [7, 11) is 0. The highest BCUT2D eigenvalue weighted by atomic mass is 35.5. The number of hydrogen-bond donors (Lipinski definition) is 1. The Morgan fingerprint density at radius 3 is 2.81 bits per heavy atom. The number of nitrogens with zero attached hydrogens (tertiary/aromatic N) is 1. The summed E-state index contributed by atoms with van der Waals surface area (Å²) in [5, 5.41) is 9.63.